The molecule has 9 heteroatoms. The van der Waals surface area contributed by atoms with Gasteiger partial charge in [-0.15, -0.1) is 6.58 Å². The summed E-state index contributed by atoms with van der Waals surface area (Å²) in [6, 6.07) is 0. The number of amides is 1. The average molecular weight is 352 g/mol. The van der Waals surface area contributed by atoms with E-state index in [2.05, 4.69) is 11.6 Å². The molecule has 0 radical (unpaired) electrons. The van der Waals surface area contributed by atoms with Gasteiger partial charge in [-0.2, -0.15) is 0 Å². The number of carbonyl (C=O) groups excluding carboxylic acids is 1. The number of hydrogen-bond acceptors (Lipinski definition) is 6. The number of aromatic nitrogens is 2. The number of unbranched alkanes of at least 4 members (excludes halogenated alkanes) is 1. The smallest absolute Gasteiger partial charge is 0.434 e. The maximum Gasteiger partial charge on any atom is 0.434 e. The molecule has 1 aromatic heterocycles. The molecule has 25 heavy (non-hydrogen) atoms. The lowest BCUT2D eigenvalue weighted by atomic mass is 10.2. The first-order valence-electron chi connectivity index (χ1n) is 8.35. The number of rotatable bonds is 7. The minimum Gasteiger partial charge on any atom is -0.441 e. The van der Waals surface area contributed by atoms with Crippen molar-refractivity contribution in [1.82, 2.24) is 14.5 Å². The van der Waals surface area contributed by atoms with Crippen LogP contribution in [-0.2, 0) is 23.1 Å². The first-order chi connectivity index (χ1) is 12.0. The van der Waals surface area contributed by atoms with Crippen molar-refractivity contribution in [2.75, 3.05) is 13.2 Å². The van der Waals surface area contributed by atoms with Gasteiger partial charge in [0.15, 0.2) is 12.3 Å². The third kappa shape index (κ3) is 5.02. The zero-order valence-electron chi connectivity index (χ0n) is 14.4. The molecule has 9 nitrogen and oxygen atoms in total. The van der Waals surface area contributed by atoms with Gasteiger partial charge < -0.3 is 19.6 Å². The normalized spacial score (nSPS) is 17.8. The molecule has 1 amide bonds. The van der Waals surface area contributed by atoms with Crippen molar-refractivity contribution in [2.45, 2.75) is 44.9 Å². The van der Waals surface area contributed by atoms with Gasteiger partial charge in [0.05, 0.1) is 7.05 Å². The van der Waals surface area contributed by atoms with Gasteiger partial charge in [0.2, 0.25) is 0 Å². The second kappa shape index (κ2) is 9.16. The van der Waals surface area contributed by atoms with E-state index < -0.39 is 11.0 Å². The van der Waals surface area contributed by atoms with Crippen LogP contribution in [0.1, 0.15) is 37.8 Å². The fraction of sp³-hybridized carbons (Fsp3) is 0.625. The molecule has 1 aromatic rings. The first kappa shape index (κ1) is 18.9. The second-order valence-corrected chi connectivity index (χ2v) is 5.87. The summed E-state index contributed by atoms with van der Waals surface area (Å²) >= 11 is 0. The standard InChI is InChI=1S/C16H24N4O5/c1-3-4-5-8-14-19(9-6-7-10-24-14)16(21)25-12-13-11-17-15(18(13)2)20(22)23/h3,11,14H,1,4-10,12H2,2H3. The van der Waals surface area contributed by atoms with Gasteiger partial charge in [0.1, 0.15) is 12.4 Å². The van der Waals surface area contributed by atoms with Gasteiger partial charge in [-0.05, 0) is 37.0 Å². The van der Waals surface area contributed by atoms with E-state index in [4.69, 9.17) is 9.47 Å². The summed E-state index contributed by atoms with van der Waals surface area (Å²) in [5, 5.41) is 10.8. The van der Waals surface area contributed by atoms with Crippen molar-refractivity contribution >= 4 is 12.0 Å². The van der Waals surface area contributed by atoms with Crippen LogP contribution in [-0.4, -0.2) is 44.8 Å². The van der Waals surface area contributed by atoms with Gasteiger partial charge in [-0.1, -0.05) is 11.1 Å². The van der Waals surface area contributed by atoms with Crippen LogP contribution in [0.15, 0.2) is 18.9 Å². The third-order valence-electron chi connectivity index (χ3n) is 4.11. The highest BCUT2D eigenvalue weighted by molar-refractivity contribution is 5.67. The molecule has 1 aliphatic rings. The molecule has 0 saturated carbocycles. The lowest BCUT2D eigenvalue weighted by molar-refractivity contribution is -0.396. The molecule has 0 N–H and O–H groups in total. The topological polar surface area (TPSA) is 99.7 Å². The van der Waals surface area contributed by atoms with E-state index in [-0.39, 0.29) is 18.8 Å². The molecule has 1 atom stereocenters. The maximum absolute atomic E-state index is 12.5. The van der Waals surface area contributed by atoms with Crippen LogP contribution in [0.3, 0.4) is 0 Å². The van der Waals surface area contributed by atoms with Crippen LogP contribution >= 0.6 is 0 Å². The first-order valence-corrected chi connectivity index (χ1v) is 8.35. The summed E-state index contributed by atoms with van der Waals surface area (Å²) in [7, 11) is 1.52. The SMILES string of the molecule is C=CCCCC1OCCCCN1C(=O)OCc1cnc([N+](=O)[O-])n1C. The molecule has 2 heterocycles. The van der Waals surface area contributed by atoms with Crippen molar-refractivity contribution in [3.8, 4) is 0 Å². The van der Waals surface area contributed by atoms with E-state index in [9.17, 15) is 14.9 Å². The second-order valence-electron chi connectivity index (χ2n) is 5.87. The van der Waals surface area contributed by atoms with Crippen molar-refractivity contribution in [2.24, 2.45) is 7.05 Å². The van der Waals surface area contributed by atoms with Crippen molar-refractivity contribution < 1.29 is 19.2 Å². The Morgan fingerprint density at radius 3 is 3.08 bits per heavy atom. The Balaban J connectivity index is 1.96. The zero-order valence-corrected chi connectivity index (χ0v) is 14.4. The maximum atomic E-state index is 12.5. The van der Waals surface area contributed by atoms with Crippen LogP contribution in [0.5, 0.6) is 0 Å². The van der Waals surface area contributed by atoms with Gasteiger partial charge >= 0.3 is 12.0 Å². The molecule has 1 saturated heterocycles. The number of ether oxygens (including phenoxy) is 2. The van der Waals surface area contributed by atoms with E-state index >= 15 is 0 Å². The van der Waals surface area contributed by atoms with E-state index in [1.54, 1.807) is 4.90 Å². The van der Waals surface area contributed by atoms with Gasteiger partial charge in [-0.3, -0.25) is 4.90 Å². The largest absolute Gasteiger partial charge is 0.441 e. The summed E-state index contributed by atoms with van der Waals surface area (Å²) in [5.41, 5.74) is 0.457. The molecule has 0 aliphatic carbocycles. The van der Waals surface area contributed by atoms with E-state index in [0.29, 0.717) is 18.8 Å². The molecular weight excluding hydrogens is 328 g/mol. The highest BCUT2D eigenvalue weighted by atomic mass is 16.6. The van der Waals surface area contributed by atoms with Gasteiger partial charge in [0, 0.05) is 13.2 Å². The van der Waals surface area contributed by atoms with E-state index in [1.807, 2.05) is 6.08 Å². The van der Waals surface area contributed by atoms with Gasteiger partial charge in [0.25, 0.3) is 0 Å². The molecular formula is C16H24N4O5. The summed E-state index contributed by atoms with van der Waals surface area (Å²) in [5.74, 6) is -0.286. The minimum absolute atomic E-state index is 0.0773. The monoisotopic (exact) mass is 352 g/mol. The van der Waals surface area contributed by atoms with Gasteiger partial charge in [-0.25, -0.2) is 9.36 Å². The third-order valence-corrected chi connectivity index (χ3v) is 4.11. The molecule has 2 rings (SSSR count). The molecule has 1 fully saturated rings. The average Bonchev–Trinajstić information content (AvgIpc) is 2.80. The molecule has 0 spiro atoms. The molecule has 1 unspecified atom stereocenters. The predicted molar refractivity (Wildman–Crippen MR) is 89.8 cm³/mol. The zero-order chi connectivity index (χ0) is 18.2. The Labute approximate surface area is 146 Å². The summed E-state index contributed by atoms with van der Waals surface area (Å²) < 4.78 is 12.4. The predicted octanol–water partition coefficient (Wildman–Crippen LogP) is 2.76. The molecule has 138 valence electrons. The lowest BCUT2D eigenvalue weighted by Gasteiger charge is -2.28. The minimum atomic E-state index is -0.580. The summed E-state index contributed by atoms with van der Waals surface area (Å²) in [6.07, 6.45) is 6.61. The Kier molecular flexibility index (Phi) is 6.93. The van der Waals surface area contributed by atoms with Crippen molar-refractivity contribution in [1.29, 1.82) is 0 Å². The lowest BCUT2D eigenvalue weighted by Crippen LogP contribution is -2.41. The molecule has 0 bridgehead atoms. The quantitative estimate of drug-likeness (QED) is 0.324. The van der Waals surface area contributed by atoms with Crippen LogP contribution in [0, 0.1) is 10.1 Å². The number of allylic oxidation sites excluding steroid dienone is 1. The number of carbonyl (C=O) groups is 1. The fourth-order valence-electron chi connectivity index (χ4n) is 2.68. The number of nitrogens with zero attached hydrogens (tertiary/aromatic N) is 4. The summed E-state index contributed by atoms with van der Waals surface area (Å²) in [4.78, 5) is 28.0. The van der Waals surface area contributed by atoms with Crippen LogP contribution in [0.2, 0.25) is 0 Å². The van der Waals surface area contributed by atoms with Crippen LogP contribution in [0.4, 0.5) is 10.7 Å². The summed E-state index contributed by atoms with van der Waals surface area (Å²) in [6.45, 7) is 4.82. The van der Waals surface area contributed by atoms with Crippen molar-refractivity contribution in [3.63, 3.8) is 0 Å². The van der Waals surface area contributed by atoms with Crippen molar-refractivity contribution in [3.05, 3.63) is 34.7 Å². The molecule has 0 aromatic carbocycles. The highest BCUT2D eigenvalue weighted by Gasteiger charge is 2.28. The number of nitro groups is 1. The number of imidazole rings is 1. The Morgan fingerprint density at radius 2 is 2.40 bits per heavy atom. The van der Waals surface area contributed by atoms with Crippen LogP contribution in [0.25, 0.3) is 0 Å². The van der Waals surface area contributed by atoms with Crippen LogP contribution < -0.4 is 0 Å². The highest BCUT2D eigenvalue weighted by Crippen LogP contribution is 2.18. The Hall–Kier alpha value is -2.42. The Bertz CT molecular complexity index is 616. The molecule has 1 aliphatic heterocycles. The van der Waals surface area contributed by atoms with E-state index in [1.165, 1.54) is 17.8 Å². The number of hydrogen-bond donors (Lipinski definition) is 0. The Morgan fingerprint density at radius 1 is 1.60 bits per heavy atom. The fourth-order valence-corrected chi connectivity index (χ4v) is 2.68. The van der Waals surface area contributed by atoms with E-state index in [0.717, 1.165) is 32.1 Å².